The van der Waals surface area contributed by atoms with Crippen molar-refractivity contribution in [3.05, 3.63) is 56.3 Å². The van der Waals surface area contributed by atoms with Crippen molar-refractivity contribution < 1.29 is 9.53 Å². The number of amides is 1. The lowest BCUT2D eigenvalue weighted by Crippen LogP contribution is -2.32. The van der Waals surface area contributed by atoms with Gasteiger partial charge in [0.1, 0.15) is 15.6 Å². The number of thiazole rings is 1. The Bertz CT molecular complexity index is 921. The minimum Gasteiger partial charge on any atom is -0.493 e. The molecule has 1 N–H and O–H groups in total. The number of fused-ring (bicyclic) bond motifs is 1. The maximum Gasteiger partial charge on any atom is 0.263 e. The molecule has 128 valence electrons. The highest BCUT2D eigenvalue weighted by molar-refractivity contribution is 9.10. The van der Waals surface area contributed by atoms with Gasteiger partial charge in [-0.1, -0.05) is 22.0 Å². The van der Waals surface area contributed by atoms with Gasteiger partial charge in [-0.15, -0.1) is 22.7 Å². The van der Waals surface area contributed by atoms with Crippen LogP contribution in [0.15, 0.2) is 40.2 Å². The zero-order valence-electron chi connectivity index (χ0n) is 13.4. The molecule has 0 saturated carbocycles. The van der Waals surface area contributed by atoms with Crippen molar-refractivity contribution in [2.24, 2.45) is 0 Å². The van der Waals surface area contributed by atoms with E-state index in [0.29, 0.717) is 11.5 Å². The lowest BCUT2D eigenvalue weighted by molar-refractivity contribution is 0.0928. The number of benzene rings is 1. The van der Waals surface area contributed by atoms with Crippen LogP contribution in [-0.2, 0) is 0 Å². The van der Waals surface area contributed by atoms with Gasteiger partial charge in [0.15, 0.2) is 0 Å². The average molecular weight is 435 g/mol. The molecule has 3 aromatic rings. The molecule has 2 aromatic heterocycles. The van der Waals surface area contributed by atoms with Gasteiger partial charge in [0, 0.05) is 16.5 Å². The maximum atomic E-state index is 12.8. The van der Waals surface area contributed by atoms with Crippen LogP contribution in [0.25, 0.3) is 9.88 Å². The third-order valence-electron chi connectivity index (χ3n) is 4.05. The Morgan fingerprint density at radius 1 is 1.40 bits per heavy atom. The molecule has 0 saturated heterocycles. The van der Waals surface area contributed by atoms with E-state index in [4.69, 9.17) is 4.74 Å². The largest absolute Gasteiger partial charge is 0.493 e. The molecule has 1 unspecified atom stereocenters. The SMILES string of the molecule is Cc1nc(-c2cccs2)sc1C(=O)NC1CCOc2ccc(Br)cc21. The summed E-state index contributed by atoms with van der Waals surface area (Å²) in [4.78, 5) is 19.1. The van der Waals surface area contributed by atoms with Gasteiger partial charge in [-0.05, 0) is 36.6 Å². The second-order valence-electron chi connectivity index (χ2n) is 5.76. The quantitative estimate of drug-likeness (QED) is 0.616. The lowest BCUT2D eigenvalue weighted by atomic mass is 10.0. The molecule has 3 heterocycles. The van der Waals surface area contributed by atoms with Gasteiger partial charge in [0.05, 0.1) is 23.2 Å². The third kappa shape index (κ3) is 3.36. The minimum atomic E-state index is -0.0735. The summed E-state index contributed by atoms with van der Waals surface area (Å²) in [5.74, 6) is 0.760. The van der Waals surface area contributed by atoms with Gasteiger partial charge in [-0.25, -0.2) is 4.98 Å². The number of aryl methyl sites for hydroxylation is 1. The summed E-state index contributed by atoms with van der Waals surface area (Å²) in [6, 6.07) is 9.86. The normalized spacial score (nSPS) is 16.2. The zero-order valence-corrected chi connectivity index (χ0v) is 16.6. The van der Waals surface area contributed by atoms with Crippen LogP contribution in [0.3, 0.4) is 0 Å². The molecule has 7 heteroatoms. The lowest BCUT2D eigenvalue weighted by Gasteiger charge is -2.26. The fourth-order valence-electron chi connectivity index (χ4n) is 2.85. The van der Waals surface area contributed by atoms with Crippen LogP contribution in [0.4, 0.5) is 0 Å². The van der Waals surface area contributed by atoms with Crippen LogP contribution in [-0.4, -0.2) is 17.5 Å². The predicted octanol–water partition coefficient (Wildman–Crippen LogP) is 5.20. The number of nitrogens with zero attached hydrogens (tertiary/aromatic N) is 1. The molecule has 1 aliphatic heterocycles. The number of thiophene rings is 1. The van der Waals surface area contributed by atoms with Gasteiger partial charge in [0.2, 0.25) is 0 Å². The van der Waals surface area contributed by atoms with Crippen LogP contribution in [0.2, 0.25) is 0 Å². The van der Waals surface area contributed by atoms with Gasteiger partial charge < -0.3 is 10.1 Å². The Kier molecular flexibility index (Phi) is 4.62. The van der Waals surface area contributed by atoms with Crippen LogP contribution in [0, 0.1) is 6.92 Å². The molecule has 0 aliphatic carbocycles. The highest BCUT2D eigenvalue weighted by Crippen LogP contribution is 2.35. The van der Waals surface area contributed by atoms with Crippen molar-refractivity contribution in [1.82, 2.24) is 10.3 Å². The second kappa shape index (κ2) is 6.90. The van der Waals surface area contributed by atoms with Crippen molar-refractivity contribution in [2.75, 3.05) is 6.61 Å². The number of aromatic nitrogens is 1. The molecule has 0 fully saturated rings. The van der Waals surface area contributed by atoms with Crippen LogP contribution < -0.4 is 10.1 Å². The van der Waals surface area contributed by atoms with E-state index in [1.807, 2.05) is 42.6 Å². The molecule has 4 rings (SSSR count). The average Bonchev–Trinajstić information content (AvgIpc) is 3.24. The molecule has 0 spiro atoms. The van der Waals surface area contributed by atoms with Crippen molar-refractivity contribution in [3.63, 3.8) is 0 Å². The number of nitrogens with one attached hydrogen (secondary N) is 1. The molecule has 1 aromatic carbocycles. The summed E-state index contributed by atoms with van der Waals surface area (Å²) >= 11 is 6.57. The summed E-state index contributed by atoms with van der Waals surface area (Å²) in [6.45, 7) is 2.48. The second-order valence-corrected chi connectivity index (χ2v) is 8.62. The summed E-state index contributed by atoms with van der Waals surface area (Å²) in [5, 5.41) is 6.06. The number of rotatable bonds is 3. The molecule has 0 bridgehead atoms. The molecule has 1 atom stereocenters. The van der Waals surface area contributed by atoms with Gasteiger partial charge in [0.25, 0.3) is 5.91 Å². The van der Waals surface area contributed by atoms with E-state index in [9.17, 15) is 4.79 Å². The standard InChI is InChI=1S/C18H15BrN2O2S2/c1-10-16(25-18(20-10)15-3-2-8-24-15)17(22)21-13-6-7-23-14-5-4-11(19)9-12(13)14/h2-5,8-9,13H,6-7H2,1H3,(H,21,22). The highest BCUT2D eigenvalue weighted by atomic mass is 79.9. The molecule has 1 amide bonds. The molecular formula is C18H15BrN2O2S2. The first kappa shape index (κ1) is 16.8. The molecular weight excluding hydrogens is 420 g/mol. The number of carbonyl (C=O) groups is 1. The number of halogens is 1. The van der Waals surface area contributed by atoms with E-state index in [1.54, 1.807) is 11.3 Å². The Morgan fingerprint density at radius 3 is 3.08 bits per heavy atom. The fraction of sp³-hybridized carbons (Fsp3) is 0.222. The Labute approximate surface area is 162 Å². The number of hydrogen-bond acceptors (Lipinski definition) is 5. The third-order valence-corrected chi connectivity index (χ3v) is 6.74. The van der Waals surface area contributed by atoms with E-state index in [0.717, 1.165) is 37.8 Å². The number of ether oxygens (including phenoxy) is 1. The Balaban J connectivity index is 1.59. The first-order chi connectivity index (χ1) is 12.1. The van der Waals surface area contributed by atoms with E-state index in [2.05, 4.69) is 26.2 Å². The first-order valence-electron chi connectivity index (χ1n) is 7.86. The topological polar surface area (TPSA) is 51.2 Å². The predicted molar refractivity (Wildman–Crippen MR) is 105 cm³/mol. The summed E-state index contributed by atoms with van der Waals surface area (Å²) in [7, 11) is 0. The summed E-state index contributed by atoms with van der Waals surface area (Å²) in [5.41, 5.74) is 1.78. The van der Waals surface area contributed by atoms with Crippen LogP contribution >= 0.6 is 38.6 Å². The summed E-state index contributed by atoms with van der Waals surface area (Å²) < 4.78 is 6.67. The highest BCUT2D eigenvalue weighted by Gasteiger charge is 2.25. The Hall–Kier alpha value is -1.70. The molecule has 25 heavy (non-hydrogen) atoms. The summed E-state index contributed by atoms with van der Waals surface area (Å²) in [6.07, 6.45) is 0.755. The van der Waals surface area contributed by atoms with Crippen LogP contribution in [0.1, 0.15) is 33.4 Å². The number of hydrogen-bond donors (Lipinski definition) is 1. The van der Waals surface area contributed by atoms with E-state index in [1.165, 1.54) is 11.3 Å². The molecule has 1 aliphatic rings. The Morgan fingerprint density at radius 2 is 2.28 bits per heavy atom. The van der Waals surface area contributed by atoms with E-state index >= 15 is 0 Å². The van der Waals surface area contributed by atoms with Gasteiger partial charge in [-0.3, -0.25) is 4.79 Å². The van der Waals surface area contributed by atoms with Crippen molar-refractivity contribution in [2.45, 2.75) is 19.4 Å². The smallest absolute Gasteiger partial charge is 0.263 e. The fourth-order valence-corrected chi connectivity index (χ4v) is 5.00. The van der Waals surface area contributed by atoms with Crippen LogP contribution in [0.5, 0.6) is 5.75 Å². The molecule has 4 nitrogen and oxygen atoms in total. The van der Waals surface area contributed by atoms with Crippen molar-refractivity contribution >= 4 is 44.5 Å². The maximum absolute atomic E-state index is 12.8. The van der Waals surface area contributed by atoms with Gasteiger partial charge in [-0.2, -0.15) is 0 Å². The monoisotopic (exact) mass is 434 g/mol. The minimum absolute atomic E-state index is 0.0552. The van der Waals surface area contributed by atoms with Gasteiger partial charge >= 0.3 is 0 Å². The van der Waals surface area contributed by atoms with E-state index in [-0.39, 0.29) is 11.9 Å². The zero-order chi connectivity index (χ0) is 17.4. The first-order valence-corrected chi connectivity index (χ1v) is 10.3. The van der Waals surface area contributed by atoms with Crippen molar-refractivity contribution in [1.29, 1.82) is 0 Å². The van der Waals surface area contributed by atoms with E-state index < -0.39 is 0 Å². The molecule has 0 radical (unpaired) electrons. The van der Waals surface area contributed by atoms with Crippen molar-refractivity contribution in [3.8, 4) is 15.6 Å². The number of carbonyl (C=O) groups excluding carboxylic acids is 1.